The fourth-order valence-corrected chi connectivity index (χ4v) is 5.80. The first-order valence-electron chi connectivity index (χ1n) is 12.0. The van der Waals surface area contributed by atoms with Crippen molar-refractivity contribution in [3.05, 3.63) is 94.5 Å². The lowest BCUT2D eigenvalue weighted by molar-refractivity contribution is -0.140. The van der Waals surface area contributed by atoms with Gasteiger partial charge in [-0.3, -0.25) is 13.9 Å². The minimum Gasteiger partial charge on any atom is -0.357 e. The highest BCUT2D eigenvalue weighted by Gasteiger charge is 2.34. The van der Waals surface area contributed by atoms with Crippen molar-refractivity contribution in [1.82, 2.24) is 10.2 Å². The van der Waals surface area contributed by atoms with Crippen LogP contribution in [0.4, 0.5) is 5.69 Å². The Kier molecular flexibility index (Phi) is 9.34. The number of anilines is 1. The standard InChI is InChI=1S/C28H32ClN3O4S/c1-5-25(28(34)30-4)31(18-22-11-9-10-14-24(22)29)27(33)19-32(26-17-20(2)15-16-21(26)3)37(35,36)23-12-7-6-8-13-23/h6-17,25H,5,18-19H2,1-4H3,(H,30,34)/t25-/m0/s1. The van der Waals surface area contributed by atoms with Gasteiger partial charge in [0.1, 0.15) is 12.6 Å². The van der Waals surface area contributed by atoms with Gasteiger partial charge >= 0.3 is 0 Å². The van der Waals surface area contributed by atoms with Crippen molar-refractivity contribution < 1.29 is 18.0 Å². The summed E-state index contributed by atoms with van der Waals surface area (Å²) in [4.78, 5) is 28.2. The zero-order chi connectivity index (χ0) is 27.2. The van der Waals surface area contributed by atoms with Crippen LogP contribution in [-0.4, -0.2) is 44.8 Å². The zero-order valence-corrected chi connectivity index (χ0v) is 23.0. The molecule has 0 bridgehead atoms. The summed E-state index contributed by atoms with van der Waals surface area (Å²) in [6, 6.07) is 19.7. The second-order valence-electron chi connectivity index (χ2n) is 8.77. The van der Waals surface area contributed by atoms with Crippen LogP contribution in [-0.2, 0) is 26.2 Å². The number of aryl methyl sites for hydroxylation is 2. The summed E-state index contributed by atoms with van der Waals surface area (Å²) in [6.45, 7) is 5.03. The minimum atomic E-state index is -4.10. The summed E-state index contributed by atoms with van der Waals surface area (Å²) in [7, 11) is -2.60. The smallest absolute Gasteiger partial charge is 0.264 e. The molecule has 0 aliphatic rings. The molecular formula is C28H32ClN3O4S. The lowest BCUT2D eigenvalue weighted by atomic mass is 10.1. The third kappa shape index (κ3) is 6.50. The lowest BCUT2D eigenvalue weighted by Gasteiger charge is -2.33. The number of carbonyl (C=O) groups is 2. The number of sulfonamides is 1. The SMILES string of the molecule is CC[C@@H](C(=O)NC)N(Cc1ccccc1Cl)C(=O)CN(c1cc(C)ccc1C)S(=O)(=O)c1ccccc1. The first-order chi connectivity index (χ1) is 17.6. The molecule has 0 saturated heterocycles. The van der Waals surface area contributed by atoms with Crippen LogP contribution >= 0.6 is 11.6 Å². The number of carbonyl (C=O) groups excluding carboxylic acids is 2. The monoisotopic (exact) mass is 541 g/mol. The van der Waals surface area contributed by atoms with Crippen molar-refractivity contribution >= 4 is 39.1 Å². The van der Waals surface area contributed by atoms with Gasteiger partial charge in [0.05, 0.1) is 10.6 Å². The van der Waals surface area contributed by atoms with E-state index in [1.165, 1.54) is 24.1 Å². The van der Waals surface area contributed by atoms with E-state index in [9.17, 15) is 18.0 Å². The molecule has 0 fully saturated rings. The summed E-state index contributed by atoms with van der Waals surface area (Å²) in [5, 5.41) is 3.07. The highest BCUT2D eigenvalue weighted by atomic mass is 35.5. The molecule has 196 valence electrons. The number of nitrogens with zero attached hydrogens (tertiary/aromatic N) is 2. The van der Waals surface area contributed by atoms with Gasteiger partial charge in [-0.2, -0.15) is 0 Å². The molecule has 0 radical (unpaired) electrons. The maximum Gasteiger partial charge on any atom is 0.264 e. The molecule has 3 rings (SSSR count). The van der Waals surface area contributed by atoms with E-state index in [4.69, 9.17) is 11.6 Å². The Bertz CT molecular complexity index is 1360. The molecule has 0 unspecified atom stereocenters. The van der Waals surface area contributed by atoms with Gasteiger partial charge in [-0.1, -0.05) is 67.1 Å². The van der Waals surface area contributed by atoms with Gasteiger partial charge in [-0.25, -0.2) is 8.42 Å². The van der Waals surface area contributed by atoms with Crippen LogP contribution < -0.4 is 9.62 Å². The van der Waals surface area contributed by atoms with Crippen molar-refractivity contribution in [3.63, 3.8) is 0 Å². The predicted molar refractivity (Wildman–Crippen MR) is 147 cm³/mol. The predicted octanol–water partition coefficient (Wildman–Crippen LogP) is 4.71. The van der Waals surface area contributed by atoms with E-state index in [2.05, 4.69) is 5.32 Å². The van der Waals surface area contributed by atoms with Crippen LogP contribution in [0.1, 0.15) is 30.0 Å². The largest absolute Gasteiger partial charge is 0.357 e. The Morgan fingerprint density at radius 2 is 1.62 bits per heavy atom. The molecule has 37 heavy (non-hydrogen) atoms. The van der Waals surface area contributed by atoms with Crippen molar-refractivity contribution in [2.24, 2.45) is 0 Å². The second kappa shape index (κ2) is 12.3. The molecular weight excluding hydrogens is 510 g/mol. The highest BCUT2D eigenvalue weighted by molar-refractivity contribution is 7.92. The van der Waals surface area contributed by atoms with E-state index in [-0.39, 0.29) is 17.3 Å². The zero-order valence-electron chi connectivity index (χ0n) is 21.4. The summed E-state index contributed by atoms with van der Waals surface area (Å²) in [5.74, 6) is -0.858. The fraction of sp³-hybridized carbons (Fsp3) is 0.286. The van der Waals surface area contributed by atoms with E-state index in [0.717, 1.165) is 9.87 Å². The van der Waals surface area contributed by atoms with Crippen LogP contribution in [0.15, 0.2) is 77.7 Å². The van der Waals surface area contributed by atoms with Crippen LogP contribution in [0.2, 0.25) is 5.02 Å². The van der Waals surface area contributed by atoms with E-state index < -0.39 is 28.5 Å². The topological polar surface area (TPSA) is 86.8 Å². The van der Waals surface area contributed by atoms with Crippen molar-refractivity contribution in [2.75, 3.05) is 17.9 Å². The van der Waals surface area contributed by atoms with Gasteiger partial charge in [0, 0.05) is 18.6 Å². The van der Waals surface area contributed by atoms with E-state index in [0.29, 0.717) is 28.3 Å². The van der Waals surface area contributed by atoms with Gasteiger partial charge in [-0.05, 0) is 61.2 Å². The molecule has 9 heteroatoms. The highest BCUT2D eigenvalue weighted by Crippen LogP contribution is 2.29. The summed E-state index contributed by atoms with van der Waals surface area (Å²) >= 11 is 6.38. The second-order valence-corrected chi connectivity index (χ2v) is 11.0. The summed E-state index contributed by atoms with van der Waals surface area (Å²) < 4.78 is 28.8. The minimum absolute atomic E-state index is 0.0520. The summed E-state index contributed by atoms with van der Waals surface area (Å²) in [6.07, 6.45) is 0.338. The number of halogens is 1. The van der Waals surface area contributed by atoms with Crippen LogP contribution in [0.3, 0.4) is 0 Å². The van der Waals surface area contributed by atoms with Crippen LogP contribution in [0.5, 0.6) is 0 Å². The third-order valence-corrected chi connectivity index (χ3v) is 8.32. The first-order valence-corrected chi connectivity index (χ1v) is 13.8. The number of rotatable bonds is 10. The maximum absolute atomic E-state index is 13.9. The maximum atomic E-state index is 13.9. The van der Waals surface area contributed by atoms with E-state index >= 15 is 0 Å². The quantitative estimate of drug-likeness (QED) is 0.403. The Labute approximate surface area is 224 Å². The van der Waals surface area contributed by atoms with Crippen LogP contribution in [0.25, 0.3) is 0 Å². The molecule has 0 heterocycles. The Morgan fingerprint density at radius 1 is 0.973 bits per heavy atom. The molecule has 3 aromatic carbocycles. The number of likely N-dealkylation sites (N-methyl/N-ethyl adjacent to an activating group) is 1. The Hall–Kier alpha value is -3.36. The molecule has 3 aromatic rings. The Balaban J connectivity index is 2.11. The molecule has 0 aromatic heterocycles. The van der Waals surface area contributed by atoms with Gasteiger partial charge in [0.2, 0.25) is 11.8 Å². The molecule has 7 nitrogen and oxygen atoms in total. The Morgan fingerprint density at radius 3 is 2.24 bits per heavy atom. The van der Waals surface area contributed by atoms with Gasteiger partial charge < -0.3 is 10.2 Å². The summed E-state index contributed by atoms with van der Waals surface area (Å²) in [5.41, 5.74) is 2.62. The normalized spacial score (nSPS) is 12.0. The number of nitrogens with one attached hydrogen (secondary N) is 1. The number of hydrogen-bond acceptors (Lipinski definition) is 4. The average molecular weight is 542 g/mol. The van der Waals surface area contributed by atoms with Gasteiger partial charge in [-0.15, -0.1) is 0 Å². The van der Waals surface area contributed by atoms with Crippen molar-refractivity contribution in [2.45, 2.75) is 44.7 Å². The fourth-order valence-electron chi connectivity index (χ4n) is 4.12. The van der Waals surface area contributed by atoms with Crippen LogP contribution in [0, 0.1) is 13.8 Å². The molecule has 2 amide bonds. The number of amides is 2. The molecule has 1 N–H and O–H groups in total. The molecule has 0 aliphatic heterocycles. The van der Waals surface area contributed by atoms with E-state index in [1.54, 1.807) is 62.4 Å². The van der Waals surface area contributed by atoms with Crippen molar-refractivity contribution in [3.8, 4) is 0 Å². The van der Waals surface area contributed by atoms with E-state index in [1.807, 2.05) is 19.1 Å². The molecule has 0 aliphatic carbocycles. The van der Waals surface area contributed by atoms with Crippen molar-refractivity contribution in [1.29, 1.82) is 0 Å². The first kappa shape index (κ1) is 28.2. The molecule has 0 spiro atoms. The average Bonchev–Trinajstić information content (AvgIpc) is 2.89. The molecule has 0 saturated carbocycles. The molecule has 1 atom stereocenters. The van der Waals surface area contributed by atoms with Gasteiger partial charge in [0.15, 0.2) is 0 Å². The number of hydrogen-bond donors (Lipinski definition) is 1. The number of benzene rings is 3. The third-order valence-electron chi connectivity index (χ3n) is 6.17. The lowest BCUT2D eigenvalue weighted by Crippen LogP contribution is -2.51. The van der Waals surface area contributed by atoms with Gasteiger partial charge in [0.25, 0.3) is 10.0 Å².